The van der Waals surface area contributed by atoms with Crippen LogP contribution in [0.15, 0.2) is 41.3 Å². The van der Waals surface area contributed by atoms with E-state index in [1.807, 2.05) is 6.92 Å². The van der Waals surface area contributed by atoms with Gasteiger partial charge in [-0.25, -0.2) is 8.42 Å². The van der Waals surface area contributed by atoms with Crippen molar-refractivity contribution in [3.63, 3.8) is 0 Å². The molecule has 0 saturated heterocycles. The number of benzene rings is 2. The standard InChI is InChI=1S/C20H21N3O4S/c1-12-18-11-17(9-14-5-4-8-23(19(14)18)20(12)25)28(26,27)22-16-7-3-6-15(10-16)21-13(2)24/h3,6-7,9-12,22H,4-5,8H2,1-2H3,(H,21,24)/t12-/m0/s1. The Morgan fingerprint density at radius 1 is 1.18 bits per heavy atom. The SMILES string of the molecule is CC(=O)Nc1cccc(NS(=O)(=O)c2cc3c4c(c2)[C@H](C)C(=O)N4CCC3)c1. The maximum atomic E-state index is 13.0. The fourth-order valence-corrected chi connectivity index (χ4v) is 5.03. The van der Waals surface area contributed by atoms with Crippen molar-refractivity contribution >= 4 is 38.9 Å². The lowest BCUT2D eigenvalue weighted by Crippen LogP contribution is -2.32. The first-order valence-corrected chi connectivity index (χ1v) is 10.6. The third-order valence-electron chi connectivity index (χ3n) is 5.14. The molecule has 2 N–H and O–H groups in total. The molecule has 146 valence electrons. The van der Waals surface area contributed by atoms with Crippen molar-refractivity contribution in [1.29, 1.82) is 0 Å². The zero-order valence-corrected chi connectivity index (χ0v) is 16.5. The Labute approximate surface area is 163 Å². The molecule has 2 aliphatic rings. The maximum Gasteiger partial charge on any atom is 0.261 e. The van der Waals surface area contributed by atoms with Gasteiger partial charge in [0, 0.05) is 19.2 Å². The number of anilines is 3. The summed E-state index contributed by atoms with van der Waals surface area (Å²) in [6.07, 6.45) is 1.57. The monoisotopic (exact) mass is 399 g/mol. The van der Waals surface area contributed by atoms with Crippen molar-refractivity contribution in [2.75, 3.05) is 21.5 Å². The largest absolute Gasteiger partial charge is 0.326 e. The molecule has 0 aromatic heterocycles. The number of hydrogen-bond donors (Lipinski definition) is 2. The zero-order chi connectivity index (χ0) is 20.1. The molecule has 0 bridgehead atoms. The molecule has 7 nitrogen and oxygen atoms in total. The second-order valence-corrected chi connectivity index (χ2v) is 8.89. The summed E-state index contributed by atoms with van der Waals surface area (Å²) in [5.41, 5.74) is 3.41. The number of carbonyl (C=O) groups is 2. The van der Waals surface area contributed by atoms with Crippen LogP contribution < -0.4 is 14.9 Å². The van der Waals surface area contributed by atoms with Crippen LogP contribution in [0.2, 0.25) is 0 Å². The Morgan fingerprint density at radius 2 is 1.93 bits per heavy atom. The Morgan fingerprint density at radius 3 is 2.68 bits per heavy atom. The van der Waals surface area contributed by atoms with E-state index in [-0.39, 0.29) is 22.6 Å². The predicted octanol–water partition coefficient (Wildman–Crippen LogP) is 2.84. The normalized spacial score (nSPS) is 18.0. The highest BCUT2D eigenvalue weighted by molar-refractivity contribution is 7.92. The van der Waals surface area contributed by atoms with Crippen LogP contribution in [0.1, 0.15) is 37.3 Å². The van der Waals surface area contributed by atoms with Crippen molar-refractivity contribution in [2.45, 2.75) is 37.5 Å². The fraction of sp³-hybridized carbons (Fsp3) is 0.300. The number of sulfonamides is 1. The lowest BCUT2D eigenvalue weighted by molar-refractivity contribution is -0.119. The van der Waals surface area contributed by atoms with Gasteiger partial charge in [0.1, 0.15) is 0 Å². The highest BCUT2D eigenvalue weighted by Gasteiger charge is 2.38. The Kier molecular flexibility index (Phi) is 4.38. The van der Waals surface area contributed by atoms with Gasteiger partial charge in [-0.1, -0.05) is 6.07 Å². The Bertz CT molecular complexity index is 1090. The number of rotatable bonds is 4. The maximum absolute atomic E-state index is 13.0. The summed E-state index contributed by atoms with van der Waals surface area (Å²) >= 11 is 0. The van der Waals surface area contributed by atoms with Gasteiger partial charge < -0.3 is 10.2 Å². The van der Waals surface area contributed by atoms with Gasteiger partial charge in [0.15, 0.2) is 0 Å². The molecule has 4 rings (SSSR count). The van der Waals surface area contributed by atoms with Crippen molar-refractivity contribution in [3.05, 3.63) is 47.5 Å². The molecule has 2 aromatic carbocycles. The second-order valence-electron chi connectivity index (χ2n) is 7.20. The van der Waals surface area contributed by atoms with Gasteiger partial charge in [-0.15, -0.1) is 0 Å². The van der Waals surface area contributed by atoms with Gasteiger partial charge in [-0.2, -0.15) is 0 Å². The van der Waals surface area contributed by atoms with Gasteiger partial charge in [0.25, 0.3) is 10.0 Å². The van der Waals surface area contributed by atoms with Crippen LogP contribution in [-0.4, -0.2) is 26.8 Å². The highest BCUT2D eigenvalue weighted by Crippen LogP contribution is 2.44. The van der Waals surface area contributed by atoms with E-state index in [1.165, 1.54) is 6.92 Å². The van der Waals surface area contributed by atoms with Gasteiger partial charge in [0.2, 0.25) is 11.8 Å². The molecule has 2 aromatic rings. The Balaban J connectivity index is 1.70. The Hall–Kier alpha value is -2.87. The van der Waals surface area contributed by atoms with Gasteiger partial charge >= 0.3 is 0 Å². The van der Waals surface area contributed by atoms with E-state index in [1.54, 1.807) is 41.3 Å². The van der Waals surface area contributed by atoms with Crippen molar-refractivity contribution in [3.8, 4) is 0 Å². The molecule has 2 aliphatic heterocycles. The van der Waals surface area contributed by atoms with Crippen molar-refractivity contribution < 1.29 is 18.0 Å². The first-order valence-electron chi connectivity index (χ1n) is 9.15. The molecule has 0 aliphatic carbocycles. The second kappa shape index (κ2) is 6.63. The molecule has 0 radical (unpaired) electrons. The molecule has 8 heteroatoms. The first-order chi connectivity index (χ1) is 13.3. The summed E-state index contributed by atoms with van der Waals surface area (Å²) in [6, 6.07) is 9.79. The lowest BCUT2D eigenvalue weighted by Gasteiger charge is -2.26. The van der Waals surface area contributed by atoms with Gasteiger partial charge in [-0.3, -0.25) is 14.3 Å². The molecule has 0 spiro atoms. The first kappa shape index (κ1) is 18.5. The molecule has 2 heterocycles. The molecule has 0 unspecified atom stereocenters. The van der Waals surface area contributed by atoms with Crippen LogP contribution >= 0.6 is 0 Å². The van der Waals surface area contributed by atoms with E-state index in [0.29, 0.717) is 17.9 Å². The van der Waals surface area contributed by atoms with E-state index in [0.717, 1.165) is 29.7 Å². The fourth-order valence-electron chi connectivity index (χ4n) is 3.90. The number of aryl methyl sites for hydroxylation is 1. The smallest absolute Gasteiger partial charge is 0.261 e. The van der Waals surface area contributed by atoms with Crippen molar-refractivity contribution in [1.82, 2.24) is 0 Å². The van der Waals surface area contributed by atoms with Crippen LogP contribution in [-0.2, 0) is 26.0 Å². The molecule has 0 fully saturated rings. The molecular formula is C20H21N3O4S. The molecular weight excluding hydrogens is 378 g/mol. The van der Waals surface area contributed by atoms with Crippen LogP contribution in [0.3, 0.4) is 0 Å². The lowest BCUT2D eigenvalue weighted by atomic mass is 9.97. The van der Waals surface area contributed by atoms with E-state index < -0.39 is 10.0 Å². The minimum absolute atomic E-state index is 0.0291. The van der Waals surface area contributed by atoms with E-state index in [2.05, 4.69) is 10.0 Å². The van der Waals surface area contributed by atoms with Crippen LogP contribution in [0.25, 0.3) is 0 Å². The number of nitrogens with zero attached hydrogens (tertiary/aromatic N) is 1. The molecule has 2 amide bonds. The summed E-state index contributed by atoms with van der Waals surface area (Å²) in [7, 11) is -3.84. The third kappa shape index (κ3) is 3.13. The number of nitrogens with one attached hydrogen (secondary N) is 2. The van der Waals surface area contributed by atoms with Crippen LogP contribution in [0, 0.1) is 0 Å². The van der Waals surface area contributed by atoms with Crippen molar-refractivity contribution in [2.24, 2.45) is 0 Å². The number of amides is 2. The minimum Gasteiger partial charge on any atom is -0.326 e. The number of carbonyl (C=O) groups excluding carboxylic acids is 2. The summed E-state index contributed by atoms with van der Waals surface area (Å²) in [5.74, 6) is -0.549. The van der Waals surface area contributed by atoms with E-state index >= 15 is 0 Å². The van der Waals surface area contributed by atoms with E-state index in [4.69, 9.17) is 0 Å². The summed E-state index contributed by atoms with van der Waals surface area (Å²) in [4.78, 5) is 25.6. The average Bonchev–Trinajstić information content (AvgIpc) is 2.88. The van der Waals surface area contributed by atoms with Gasteiger partial charge in [0.05, 0.1) is 22.2 Å². The quantitative estimate of drug-likeness (QED) is 0.826. The molecule has 1 atom stereocenters. The average molecular weight is 399 g/mol. The molecule has 28 heavy (non-hydrogen) atoms. The van der Waals surface area contributed by atoms with Crippen LogP contribution in [0.5, 0.6) is 0 Å². The summed E-state index contributed by atoms with van der Waals surface area (Å²) < 4.78 is 28.6. The molecule has 0 saturated carbocycles. The van der Waals surface area contributed by atoms with Gasteiger partial charge in [-0.05, 0) is 61.2 Å². The predicted molar refractivity (Wildman–Crippen MR) is 107 cm³/mol. The summed E-state index contributed by atoms with van der Waals surface area (Å²) in [5, 5.41) is 2.63. The third-order valence-corrected chi connectivity index (χ3v) is 6.50. The minimum atomic E-state index is -3.84. The number of hydrogen-bond acceptors (Lipinski definition) is 4. The highest BCUT2D eigenvalue weighted by atomic mass is 32.2. The summed E-state index contributed by atoms with van der Waals surface area (Å²) in [6.45, 7) is 3.89. The van der Waals surface area contributed by atoms with E-state index in [9.17, 15) is 18.0 Å². The topological polar surface area (TPSA) is 95.6 Å². The zero-order valence-electron chi connectivity index (χ0n) is 15.7. The van der Waals surface area contributed by atoms with Crippen LogP contribution in [0.4, 0.5) is 17.1 Å².